The first-order chi connectivity index (χ1) is 11.3. The van der Waals surface area contributed by atoms with Crippen LogP contribution in [-0.4, -0.2) is 44.5 Å². The third-order valence-corrected chi connectivity index (χ3v) is 3.65. The van der Waals surface area contributed by atoms with Crippen LogP contribution in [0.15, 0.2) is 34.0 Å². The summed E-state index contributed by atoms with van der Waals surface area (Å²) in [4.78, 5) is 35.6. The molecule has 0 spiro atoms. The first-order valence-electron chi connectivity index (χ1n) is 6.71. The smallest absolute Gasteiger partial charge is 0.352 e. The number of aliphatic hydroxyl groups excluding tert-OH is 1. The lowest BCUT2D eigenvalue weighted by molar-refractivity contribution is 0.0519. The minimum Gasteiger partial charge on any atom is -0.389 e. The Labute approximate surface area is 145 Å². The molecule has 0 radical (unpaired) electrons. The van der Waals surface area contributed by atoms with Crippen molar-refractivity contribution in [1.82, 2.24) is 14.3 Å². The summed E-state index contributed by atoms with van der Waals surface area (Å²) in [5, 5.41) is 12.8. The van der Waals surface area contributed by atoms with Crippen molar-refractivity contribution in [2.24, 2.45) is 0 Å². The summed E-state index contributed by atoms with van der Waals surface area (Å²) >= 11 is 11.3. The molecule has 0 aliphatic carbocycles. The molecule has 0 amide bonds. The van der Waals surface area contributed by atoms with Crippen LogP contribution in [0.5, 0.6) is 0 Å². The van der Waals surface area contributed by atoms with Gasteiger partial charge in [-0.2, -0.15) is 9.78 Å². The minimum absolute atomic E-state index is 0.00158. The van der Waals surface area contributed by atoms with Gasteiger partial charge in [-0.3, -0.25) is 14.2 Å². The number of hydrogen-bond acceptors (Lipinski definition) is 6. The fourth-order valence-electron chi connectivity index (χ4n) is 2.03. The summed E-state index contributed by atoms with van der Waals surface area (Å²) in [5.74, 6) is 0. The van der Waals surface area contributed by atoms with Crippen molar-refractivity contribution < 1.29 is 14.6 Å². The van der Waals surface area contributed by atoms with Crippen molar-refractivity contribution in [2.75, 3.05) is 13.7 Å². The van der Waals surface area contributed by atoms with Crippen LogP contribution in [0.25, 0.3) is 5.69 Å². The maximum absolute atomic E-state index is 12.5. The standard InChI is InChI=1S/C14H13Cl2N3O5/c1-24-7-9(20)6-18-12(21)5-17-19(14(18)23)8-2-3-11(15)10(4-8)13(16)22/h2-5,9,20H,6-7H2,1H3/t9-/m1/s1. The van der Waals surface area contributed by atoms with Gasteiger partial charge in [0.2, 0.25) is 0 Å². The van der Waals surface area contributed by atoms with Crippen LogP contribution < -0.4 is 11.2 Å². The zero-order valence-electron chi connectivity index (χ0n) is 12.5. The average Bonchev–Trinajstić information content (AvgIpc) is 2.52. The van der Waals surface area contributed by atoms with Gasteiger partial charge in [0.25, 0.3) is 10.8 Å². The Morgan fingerprint density at radius 1 is 1.42 bits per heavy atom. The third kappa shape index (κ3) is 3.90. The van der Waals surface area contributed by atoms with Crippen molar-refractivity contribution in [3.05, 3.63) is 55.8 Å². The topological polar surface area (TPSA) is 103 Å². The van der Waals surface area contributed by atoms with E-state index in [-0.39, 0.29) is 29.4 Å². The van der Waals surface area contributed by atoms with E-state index in [0.717, 1.165) is 15.4 Å². The lowest BCUT2D eigenvalue weighted by Crippen LogP contribution is -2.43. The Kier molecular flexibility index (Phi) is 5.89. The van der Waals surface area contributed by atoms with E-state index < -0.39 is 22.6 Å². The summed E-state index contributed by atoms with van der Waals surface area (Å²) in [6.07, 6.45) is -0.112. The largest absolute Gasteiger partial charge is 0.389 e. The first-order valence-corrected chi connectivity index (χ1v) is 7.46. The van der Waals surface area contributed by atoms with Gasteiger partial charge in [0.1, 0.15) is 6.20 Å². The molecule has 0 aliphatic rings. The molecule has 2 rings (SSSR count). The molecule has 1 atom stereocenters. The fraction of sp³-hybridized carbons (Fsp3) is 0.286. The van der Waals surface area contributed by atoms with Gasteiger partial charge in [-0.1, -0.05) is 11.6 Å². The second-order valence-corrected chi connectivity index (χ2v) is 5.59. The maximum atomic E-state index is 12.5. The average molecular weight is 374 g/mol. The number of nitrogens with zero attached hydrogens (tertiary/aromatic N) is 3. The minimum atomic E-state index is -1.04. The van der Waals surface area contributed by atoms with Gasteiger partial charge < -0.3 is 9.84 Å². The van der Waals surface area contributed by atoms with Gasteiger partial charge in [0.05, 0.1) is 35.5 Å². The molecule has 0 bridgehead atoms. The fourth-order valence-corrected chi connectivity index (χ4v) is 2.44. The van der Waals surface area contributed by atoms with Gasteiger partial charge in [-0.25, -0.2) is 4.79 Å². The Morgan fingerprint density at radius 2 is 2.12 bits per heavy atom. The summed E-state index contributed by atoms with van der Waals surface area (Å²) < 4.78 is 6.49. The Morgan fingerprint density at radius 3 is 2.75 bits per heavy atom. The quantitative estimate of drug-likeness (QED) is 0.736. The van der Waals surface area contributed by atoms with Crippen molar-refractivity contribution in [1.29, 1.82) is 0 Å². The number of carbonyl (C=O) groups is 1. The number of aliphatic hydroxyl groups is 1. The first kappa shape index (κ1) is 18.3. The summed E-state index contributed by atoms with van der Waals surface area (Å²) in [6, 6.07) is 4.11. The molecule has 1 heterocycles. The van der Waals surface area contributed by atoms with Gasteiger partial charge in [-0.15, -0.1) is 0 Å². The van der Waals surface area contributed by atoms with Crippen LogP contribution in [0.3, 0.4) is 0 Å². The maximum Gasteiger partial charge on any atom is 0.352 e. The summed E-state index contributed by atoms with van der Waals surface area (Å²) in [7, 11) is 1.38. The van der Waals surface area contributed by atoms with E-state index in [1.807, 2.05) is 0 Å². The van der Waals surface area contributed by atoms with Crippen LogP contribution in [0.2, 0.25) is 5.02 Å². The number of hydrogen-bond donors (Lipinski definition) is 1. The second kappa shape index (κ2) is 7.71. The molecule has 0 aliphatic heterocycles. The number of carbonyl (C=O) groups excluding carboxylic acids is 1. The monoisotopic (exact) mass is 373 g/mol. The van der Waals surface area contributed by atoms with E-state index in [2.05, 4.69) is 5.10 Å². The molecule has 0 fully saturated rings. The Bertz CT molecular complexity index is 877. The van der Waals surface area contributed by atoms with Crippen molar-refractivity contribution in [3.63, 3.8) is 0 Å². The van der Waals surface area contributed by atoms with Crippen LogP contribution in [0, 0.1) is 0 Å². The van der Waals surface area contributed by atoms with E-state index in [1.165, 1.54) is 25.3 Å². The van der Waals surface area contributed by atoms with Crippen LogP contribution in [-0.2, 0) is 11.3 Å². The molecular weight excluding hydrogens is 361 g/mol. The number of halogens is 2. The molecule has 24 heavy (non-hydrogen) atoms. The van der Waals surface area contributed by atoms with E-state index in [1.54, 1.807) is 0 Å². The van der Waals surface area contributed by atoms with Gasteiger partial charge in [-0.05, 0) is 29.8 Å². The van der Waals surface area contributed by atoms with Crippen molar-refractivity contribution in [3.8, 4) is 5.69 Å². The molecular formula is C14H13Cl2N3O5. The molecule has 1 aromatic carbocycles. The SMILES string of the molecule is COC[C@H](O)Cn1c(=O)cnn(-c2ccc(Cl)c(C(=O)Cl)c2)c1=O. The molecule has 0 unspecified atom stereocenters. The predicted molar refractivity (Wildman–Crippen MR) is 87.2 cm³/mol. The molecule has 2 aromatic rings. The van der Waals surface area contributed by atoms with Crippen LogP contribution in [0.4, 0.5) is 0 Å². The van der Waals surface area contributed by atoms with Crippen LogP contribution >= 0.6 is 23.2 Å². The Balaban J connectivity index is 2.53. The molecule has 0 saturated carbocycles. The molecule has 1 N–H and O–H groups in total. The van der Waals surface area contributed by atoms with E-state index in [0.29, 0.717) is 0 Å². The molecule has 128 valence electrons. The number of aromatic nitrogens is 3. The van der Waals surface area contributed by atoms with Crippen molar-refractivity contribution >= 4 is 28.4 Å². The number of ether oxygens (including phenoxy) is 1. The molecule has 10 heteroatoms. The van der Waals surface area contributed by atoms with E-state index in [4.69, 9.17) is 27.9 Å². The highest BCUT2D eigenvalue weighted by Gasteiger charge is 2.15. The van der Waals surface area contributed by atoms with E-state index >= 15 is 0 Å². The highest BCUT2D eigenvalue weighted by atomic mass is 35.5. The molecule has 1 aromatic heterocycles. The van der Waals surface area contributed by atoms with Gasteiger partial charge >= 0.3 is 5.69 Å². The molecule has 8 nitrogen and oxygen atoms in total. The van der Waals surface area contributed by atoms with E-state index in [9.17, 15) is 19.5 Å². The van der Waals surface area contributed by atoms with Crippen molar-refractivity contribution in [2.45, 2.75) is 12.6 Å². The normalized spacial score (nSPS) is 12.2. The zero-order chi connectivity index (χ0) is 17.9. The third-order valence-electron chi connectivity index (χ3n) is 3.12. The van der Waals surface area contributed by atoms with Gasteiger partial charge in [0.15, 0.2) is 0 Å². The second-order valence-electron chi connectivity index (χ2n) is 4.83. The Hall–Kier alpha value is -2.00. The summed E-state index contributed by atoms with van der Waals surface area (Å²) in [6.45, 7) is -0.303. The highest BCUT2D eigenvalue weighted by molar-refractivity contribution is 6.68. The highest BCUT2D eigenvalue weighted by Crippen LogP contribution is 2.20. The number of methoxy groups -OCH3 is 1. The zero-order valence-corrected chi connectivity index (χ0v) is 14.0. The number of benzene rings is 1. The predicted octanol–water partition coefficient (Wildman–Crippen LogP) is 0.434. The van der Waals surface area contributed by atoms with Gasteiger partial charge in [0, 0.05) is 7.11 Å². The number of rotatable bonds is 6. The summed E-state index contributed by atoms with van der Waals surface area (Å²) in [5.41, 5.74) is -1.26. The lowest BCUT2D eigenvalue weighted by atomic mass is 10.2. The van der Waals surface area contributed by atoms with Crippen LogP contribution in [0.1, 0.15) is 10.4 Å². The molecule has 0 saturated heterocycles. The lowest BCUT2D eigenvalue weighted by Gasteiger charge is -2.13.